The molecule has 0 heterocycles. The first-order chi connectivity index (χ1) is 15.9. The smallest absolute Gasteiger partial charge is 0.388 e. The molecule has 0 spiro atoms. The summed E-state index contributed by atoms with van der Waals surface area (Å²) >= 11 is 0. The average molecular weight is 457 g/mol. The zero-order valence-corrected chi connectivity index (χ0v) is 21.8. The summed E-state index contributed by atoms with van der Waals surface area (Å²) in [7, 11) is -3.06. The lowest BCUT2D eigenvalue weighted by molar-refractivity contribution is 0.208. The minimum atomic E-state index is -3.06. The third-order valence-electron chi connectivity index (χ3n) is 6.48. The highest BCUT2D eigenvalue weighted by Gasteiger charge is 2.50. The molecule has 0 fully saturated rings. The van der Waals surface area contributed by atoms with Crippen molar-refractivity contribution in [1.29, 1.82) is 0 Å². The maximum absolute atomic E-state index is 6.93. The van der Waals surface area contributed by atoms with Crippen LogP contribution in [0.3, 0.4) is 0 Å². The summed E-state index contributed by atoms with van der Waals surface area (Å²) in [5.74, 6) is 0.732. The Kier molecular flexibility index (Phi) is 7.04. The molecule has 172 valence electrons. The normalized spacial score (nSPS) is 12.4. The molecule has 4 aliphatic rings. The van der Waals surface area contributed by atoms with E-state index in [9.17, 15) is 0 Å². The molecule has 3 heteroatoms. The van der Waals surface area contributed by atoms with Crippen LogP contribution < -0.4 is 10.4 Å². The SMILES string of the molecule is CCO[Si](OCC)(c1c2cccccc-2cc1C(C)C)c1c2cccccc-2cc1C(C)C. The van der Waals surface area contributed by atoms with Crippen LogP contribution in [-0.2, 0) is 8.85 Å². The van der Waals surface area contributed by atoms with Crippen LogP contribution in [0.15, 0.2) is 72.8 Å². The van der Waals surface area contributed by atoms with E-state index in [-0.39, 0.29) is 0 Å². The van der Waals surface area contributed by atoms with Gasteiger partial charge in [0.05, 0.1) is 0 Å². The zero-order chi connectivity index (χ0) is 23.6. The van der Waals surface area contributed by atoms with Crippen molar-refractivity contribution in [3.8, 4) is 22.3 Å². The zero-order valence-electron chi connectivity index (χ0n) is 20.8. The fourth-order valence-corrected chi connectivity index (χ4v) is 9.50. The molecule has 0 unspecified atom stereocenters. The Morgan fingerprint density at radius 1 is 0.606 bits per heavy atom. The molecule has 0 aromatic carbocycles. The maximum atomic E-state index is 6.93. The number of fused-ring (bicyclic) bond motifs is 2. The molecule has 0 aromatic rings. The van der Waals surface area contributed by atoms with Crippen molar-refractivity contribution < 1.29 is 8.85 Å². The Hall–Kier alpha value is -2.46. The van der Waals surface area contributed by atoms with Gasteiger partial charge in [-0.1, -0.05) is 100 Å². The number of hydrogen-bond acceptors (Lipinski definition) is 2. The standard InChI is InChI=1S/C30H36O2Si/c1-7-31-33(32-8-2,29-25-17-13-9-11-15-23(25)19-27(29)21(3)4)30-26-18-14-10-12-16-24(26)20-28(30)22(5)6/h9-22H,7-8H2,1-6H3. The molecule has 0 amide bonds. The quantitative estimate of drug-likeness (QED) is 0.272. The molecule has 0 aliphatic heterocycles. The van der Waals surface area contributed by atoms with Gasteiger partial charge in [-0.25, -0.2) is 0 Å². The van der Waals surface area contributed by atoms with E-state index >= 15 is 0 Å². The van der Waals surface area contributed by atoms with Crippen LogP contribution in [0.4, 0.5) is 0 Å². The molecule has 2 nitrogen and oxygen atoms in total. The molecule has 0 N–H and O–H groups in total. The lowest BCUT2D eigenvalue weighted by atomic mass is 10.1. The second-order valence-electron chi connectivity index (χ2n) is 9.30. The fraction of sp³-hybridized carbons (Fsp3) is 0.333. The Labute approximate surface area is 200 Å². The molecule has 0 aromatic heterocycles. The highest BCUT2D eigenvalue weighted by atomic mass is 28.4. The van der Waals surface area contributed by atoms with Gasteiger partial charge in [-0.05, 0) is 59.1 Å². The molecular weight excluding hydrogens is 420 g/mol. The first-order valence-electron chi connectivity index (χ1n) is 12.3. The van der Waals surface area contributed by atoms with E-state index in [2.05, 4.69) is 114 Å². The van der Waals surface area contributed by atoms with Crippen molar-refractivity contribution in [2.75, 3.05) is 13.2 Å². The lowest BCUT2D eigenvalue weighted by Gasteiger charge is -2.34. The molecule has 0 saturated carbocycles. The molecule has 0 radical (unpaired) electrons. The molecule has 0 saturated heterocycles. The van der Waals surface area contributed by atoms with Crippen LogP contribution in [-0.4, -0.2) is 21.8 Å². The first-order valence-corrected chi connectivity index (χ1v) is 14.1. The summed E-state index contributed by atoms with van der Waals surface area (Å²) in [6.45, 7) is 14.5. The van der Waals surface area contributed by atoms with Gasteiger partial charge < -0.3 is 8.85 Å². The third-order valence-corrected chi connectivity index (χ3v) is 10.3. The summed E-state index contributed by atoms with van der Waals surface area (Å²) in [4.78, 5) is 0. The topological polar surface area (TPSA) is 18.5 Å². The summed E-state index contributed by atoms with van der Waals surface area (Å²) in [6.07, 6.45) is 0. The molecular formula is C30H36O2Si. The second-order valence-corrected chi connectivity index (χ2v) is 12.1. The van der Waals surface area contributed by atoms with E-state index < -0.39 is 8.56 Å². The summed E-state index contributed by atoms with van der Waals surface area (Å²) in [5, 5.41) is 2.57. The van der Waals surface area contributed by atoms with Gasteiger partial charge in [0, 0.05) is 23.6 Å². The van der Waals surface area contributed by atoms with Gasteiger partial charge in [-0.2, -0.15) is 0 Å². The molecule has 4 aliphatic carbocycles. The van der Waals surface area contributed by atoms with Crippen LogP contribution in [0.25, 0.3) is 22.3 Å². The van der Waals surface area contributed by atoms with E-state index in [0.29, 0.717) is 25.0 Å². The minimum absolute atomic E-state index is 0.366. The van der Waals surface area contributed by atoms with E-state index in [0.717, 1.165) is 0 Å². The van der Waals surface area contributed by atoms with E-state index in [1.54, 1.807) is 0 Å². The summed E-state index contributed by atoms with van der Waals surface area (Å²) in [6, 6.07) is 26.4. The van der Waals surface area contributed by atoms with Crippen LogP contribution in [0.5, 0.6) is 0 Å². The van der Waals surface area contributed by atoms with Gasteiger partial charge in [-0.3, -0.25) is 0 Å². The molecule has 0 atom stereocenters. The van der Waals surface area contributed by atoms with E-state index in [1.165, 1.54) is 43.8 Å². The van der Waals surface area contributed by atoms with Crippen molar-refractivity contribution in [2.24, 2.45) is 0 Å². The minimum Gasteiger partial charge on any atom is -0.388 e. The Morgan fingerprint density at radius 2 is 1.00 bits per heavy atom. The summed E-state index contributed by atoms with van der Waals surface area (Å²) in [5.41, 5.74) is 7.69. The molecule has 33 heavy (non-hydrogen) atoms. The Bertz CT molecular complexity index is 1070. The Morgan fingerprint density at radius 3 is 1.36 bits per heavy atom. The van der Waals surface area contributed by atoms with Gasteiger partial charge in [0.1, 0.15) is 0 Å². The highest BCUT2D eigenvalue weighted by molar-refractivity contribution is 6.95. The van der Waals surface area contributed by atoms with Crippen LogP contribution >= 0.6 is 0 Å². The van der Waals surface area contributed by atoms with Gasteiger partial charge >= 0.3 is 8.56 Å². The number of rotatable bonds is 8. The molecule has 0 bridgehead atoms. The van der Waals surface area contributed by atoms with E-state index in [4.69, 9.17) is 8.85 Å². The van der Waals surface area contributed by atoms with E-state index in [1.807, 2.05) is 0 Å². The first kappa shape index (κ1) is 23.7. The van der Waals surface area contributed by atoms with Gasteiger partial charge in [-0.15, -0.1) is 0 Å². The monoisotopic (exact) mass is 456 g/mol. The lowest BCUT2D eigenvalue weighted by Crippen LogP contribution is -2.65. The maximum Gasteiger partial charge on any atom is 0.408 e. The summed E-state index contributed by atoms with van der Waals surface area (Å²) < 4.78 is 13.9. The predicted octanol–water partition coefficient (Wildman–Crippen LogP) is 6.77. The second kappa shape index (κ2) is 9.80. The number of hydrogen-bond donors (Lipinski definition) is 0. The molecule has 4 rings (SSSR count). The van der Waals surface area contributed by atoms with Crippen molar-refractivity contribution in [1.82, 2.24) is 0 Å². The fourth-order valence-electron chi connectivity index (χ4n) is 5.13. The van der Waals surface area contributed by atoms with Crippen LogP contribution in [0.1, 0.15) is 64.5 Å². The van der Waals surface area contributed by atoms with Crippen molar-refractivity contribution in [2.45, 2.75) is 53.4 Å². The van der Waals surface area contributed by atoms with Gasteiger partial charge in [0.25, 0.3) is 0 Å². The largest absolute Gasteiger partial charge is 0.408 e. The van der Waals surface area contributed by atoms with Crippen LogP contribution in [0.2, 0.25) is 0 Å². The average Bonchev–Trinajstić information content (AvgIpc) is 3.13. The van der Waals surface area contributed by atoms with Crippen molar-refractivity contribution in [3.63, 3.8) is 0 Å². The van der Waals surface area contributed by atoms with Crippen molar-refractivity contribution in [3.05, 3.63) is 83.9 Å². The van der Waals surface area contributed by atoms with Crippen LogP contribution in [0, 0.1) is 0 Å². The van der Waals surface area contributed by atoms with Crippen molar-refractivity contribution >= 4 is 18.9 Å². The van der Waals surface area contributed by atoms with Gasteiger partial charge in [0.15, 0.2) is 0 Å². The highest BCUT2D eigenvalue weighted by Crippen LogP contribution is 2.36. The van der Waals surface area contributed by atoms with Gasteiger partial charge in [0.2, 0.25) is 0 Å². The third kappa shape index (κ3) is 4.14. The predicted molar refractivity (Wildman–Crippen MR) is 143 cm³/mol. The Balaban J connectivity index is 2.17.